The monoisotopic (exact) mass is 170 g/mol. The smallest absolute Gasteiger partial charge is 0.169 e. The third-order valence-electron chi connectivity index (χ3n) is 1.46. The van der Waals surface area contributed by atoms with Crippen molar-refractivity contribution in [3.63, 3.8) is 0 Å². The predicted octanol–water partition coefficient (Wildman–Crippen LogP) is 1.11. The van der Waals surface area contributed by atoms with E-state index in [1.807, 2.05) is 0 Å². The Hall–Kier alpha value is -0.890. The Bertz CT molecular complexity index is 240. The molecular weight excluding hydrogens is 164 g/mol. The molecule has 1 atom stereocenters. The fourth-order valence-corrected chi connectivity index (χ4v) is 1.04. The number of ketones is 2. The summed E-state index contributed by atoms with van der Waals surface area (Å²) in [6.07, 6.45) is 6.24. The normalized spacial score (nSPS) is 22.3. The van der Waals surface area contributed by atoms with Crippen LogP contribution in [0.1, 0.15) is 0 Å². The second kappa shape index (κ2) is 3.49. The van der Waals surface area contributed by atoms with E-state index in [4.69, 9.17) is 11.6 Å². The molecule has 0 radical (unpaired) electrons. The van der Waals surface area contributed by atoms with Crippen LogP contribution in [0.25, 0.3) is 0 Å². The highest BCUT2D eigenvalue weighted by molar-refractivity contribution is 6.30. The van der Waals surface area contributed by atoms with Gasteiger partial charge in [0.2, 0.25) is 0 Å². The zero-order valence-corrected chi connectivity index (χ0v) is 6.54. The lowest BCUT2D eigenvalue weighted by atomic mass is 9.96. The summed E-state index contributed by atoms with van der Waals surface area (Å²) in [4.78, 5) is 21.9. The Balaban J connectivity index is 2.73. The number of halogens is 1. The number of carbonyl (C=O) groups is 2. The van der Waals surface area contributed by atoms with Gasteiger partial charge >= 0.3 is 0 Å². The number of Topliss-reactive ketones (excluding diaryl/α,β-unsaturated/α-hetero) is 1. The number of allylic oxidation sites excluding steroid dienone is 4. The van der Waals surface area contributed by atoms with Crippen LogP contribution in [-0.2, 0) is 9.59 Å². The van der Waals surface area contributed by atoms with E-state index in [0.717, 1.165) is 0 Å². The highest BCUT2D eigenvalue weighted by Gasteiger charge is 2.21. The Kier molecular flexibility index (Phi) is 2.60. The molecule has 1 aliphatic rings. The van der Waals surface area contributed by atoms with Crippen LogP contribution in [0.3, 0.4) is 0 Å². The van der Waals surface area contributed by atoms with Gasteiger partial charge in [-0.1, -0.05) is 18.2 Å². The van der Waals surface area contributed by atoms with Crippen LogP contribution in [0.4, 0.5) is 0 Å². The van der Waals surface area contributed by atoms with E-state index in [9.17, 15) is 9.59 Å². The molecule has 0 aromatic rings. The fraction of sp³-hybridized carbons (Fsp3) is 0.250. The molecule has 0 saturated carbocycles. The number of hydrogen-bond acceptors (Lipinski definition) is 2. The SMILES string of the molecule is O=C1C=CC=CC1C(=O)CCl. The van der Waals surface area contributed by atoms with E-state index < -0.39 is 5.92 Å². The summed E-state index contributed by atoms with van der Waals surface area (Å²) in [6, 6.07) is 0. The number of rotatable bonds is 2. The third-order valence-corrected chi connectivity index (χ3v) is 1.72. The fourth-order valence-electron chi connectivity index (χ4n) is 0.873. The molecule has 0 heterocycles. The maximum atomic E-state index is 11.0. The molecule has 0 aliphatic heterocycles. The molecule has 1 unspecified atom stereocenters. The van der Waals surface area contributed by atoms with Gasteiger partial charge in [-0.3, -0.25) is 9.59 Å². The van der Waals surface area contributed by atoms with Gasteiger partial charge in [0.1, 0.15) is 0 Å². The highest BCUT2D eigenvalue weighted by atomic mass is 35.5. The Labute approximate surface area is 69.5 Å². The second-order valence-electron chi connectivity index (χ2n) is 2.22. The third kappa shape index (κ3) is 1.77. The van der Waals surface area contributed by atoms with E-state index in [1.165, 1.54) is 6.08 Å². The first-order valence-electron chi connectivity index (χ1n) is 3.23. The van der Waals surface area contributed by atoms with Crippen molar-refractivity contribution in [3.05, 3.63) is 24.3 Å². The van der Waals surface area contributed by atoms with Gasteiger partial charge < -0.3 is 0 Å². The quantitative estimate of drug-likeness (QED) is 0.460. The standard InChI is InChI=1S/C8H7ClO2/c9-5-8(11)6-3-1-2-4-7(6)10/h1-4,6H,5H2. The summed E-state index contributed by atoms with van der Waals surface area (Å²) in [7, 11) is 0. The van der Waals surface area contributed by atoms with Gasteiger partial charge in [-0.15, -0.1) is 11.6 Å². The van der Waals surface area contributed by atoms with Crippen LogP contribution in [0.15, 0.2) is 24.3 Å². The van der Waals surface area contributed by atoms with Gasteiger partial charge in [-0.05, 0) is 6.08 Å². The largest absolute Gasteiger partial charge is 0.297 e. The van der Waals surface area contributed by atoms with Crippen LogP contribution in [0.5, 0.6) is 0 Å². The first-order valence-corrected chi connectivity index (χ1v) is 3.76. The van der Waals surface area contributed by atoms with Gasteiger partial charge in [0.25, 0.3) is 0 Å². The number of alkyl halides is 1. The van der Waals surface area contributed by atoms with Gasteiger partial charge in [-0.25, -0.2) is 0 Å². The minimum absolute atomic E-state index is 0.103. The lowest BCUT2D eigenvalue weighted by molar-refractivity contribution is -0.126. The molecule has 0 bridgehead atoms. The molecular formula is C8H7ClO2. The molecule has 0 saturated heterocycles. The topological polar surface area (TPSA) is 34.1 Å². The van der Waals surface area contributed by atoms with Gasteiger partial charge in [-0.2, -0.15) is 0 Å². The van der Waals surface area contributed by atoms with Crippen molar-refractivity contribution in [1.82, 2.24) is 0 Å². The van der Waals surface area contributed by atoms with Gasteiger partial charge in [0, 0.05) is 0 Å². The van der Waals surface area contributed by atoms with Gasteiger partial charge in [0.05, 0.1) is 11.8 Å². The van der Waals surface area contributed by atoms with Crippen molar-refractivity contribution in [2.45, 2.75) is 0 Å². The number of carbonyl (C=O) groups excluding carboxylic acids is 2. The van der Waals surface area contributed by atoms with E-state index in [-0.39, 0.29) is 17.4 Å². The Morgan fingerprint density at radius 2 is 2.27 bits per heavy atom. The average molecular weight is 171 g/mol. The zero-order valence-electron chi connectivity index (χ0n) is 5.79. The molecule has 2 nitrogen and oxygen atoms in total. The zero-order chi connectivity index (χ0) is 8.27. The summed E-state index contributed by atoms with van der Waals surface area (Å²) in [5.41, 5.74) is 0. The molecule has 11 heavy (non-hydrogen) atoms. The Morgan fingerprint density at radius 1 is 1.55 bits per heavy atom. The second-order valence-corrected chi connectivity index (χ2v) is 2.49. The first kappa shape index (κ1) is 8.21. The van der Waals surface area contributed by atoms with Crippen molar-refractivity contribution in [2.24, 2.45) is 5.92 Å². The molecule has 0 aromatic heterocycles. The van der Waals surface area contributed by atoms with E-state index in [1.54, 1.807) is 18.2 Å². The summed E-state index contributed by atoms with van der Waals surface area (Å²) in [5, 5.41) is 0. The molecule has 0 fully saturated rings. The maximum Gasteiger partial charge on any atom is 0.169 e. The van der Waals surface area contributed by atoms with E-state index in [0.29, 0.717) is 0 Å². The van der Waals surface area contributed by atoms with Crippen LogP contribution in [0, 0.1) is 5.92 Å². The van der Waals surface area contributed by atoms with Crippen LogP contribution in [-0.4, -0.2) is 17.4 Å². The summed E-state index contributed by atoms with van der Waals surface area (Å²) >= 11 is 5.29. The van der Waals surface area contributed by atoms with Crippen molar-refractivity contribution >= 4 is 23.2 Å². The minimum Gasteiger partial charge on any atom is -0.297 e. The van der Waals surface area contributed by atoms with Crippen molar-refractivity contribution < 1.29 is 9.59 Å². The molecule has 0 amide bonds. The number of hydrogen-bond donors (Lipinski definition) is 0. The first-order chi connectivity index (χ1) is 5.25. The molecule has 0 N–H and O–H groups in total. The molecule has 1 rings (SSSR count). The average Bonchev–Trinajstić information content (AvgIpc) is 2.04. The van der Waals surface area contributed by atoms with Crippen LogP contribution >= 0.6 is 11.6 Å². The van der Waals surface area contributed by atoms with Gasteiger partial charge in [0.15, 0.2) is 11.6 Å². The highest BCUT2D eigenvalue weighted by Crippen LogP contribution is 2.09. The summed E-state index contributed by atoms with van der Waals surface area (Å²) < 4.78 is 0. The van der Waals surface area contributed by atoms with E-state index in [2.05, 4.69) is 0 Å². The molecule has 1 aliphatic carbocycles. The van der Waals surface area contributed by atoms with Crippen LogP contribution in [0.2, 0.25) is 0 Å². The van der Waals surface area contributed by atoms with Crippen molar-refractivity contribution in [3.8, 4) is 0 Å². The summed E-state index contributed by atoms with van der Waals surface area (Å²) in [6.45, 7) is 0. The molecule has 0 spiro atoms. The molecule has 3 heteroatoms. The molecule has 58 valence electrons. The Morgan fingerprint density at radius 3 is 2.82 bits per heavy atom. The lowest BCUT2D eigenvalue weighted by Gasteiger charge is -2.07. The molecule has 0 aromatic carbocycles. The van der Waals surface area contributed by atoms with Crippen molar-refractivity contribution in [1.29, 1.82) is 0 Å². The van der Waals surface area contributed by atoms with Crippen LogP contribution < -0.4 is 0 Å². The van der Waals surface area contributed by atoms with Crippen molar-refractivity contribution in [2.75, 3.05) is 5.88 Å². The maximum absolute atomic E-state index is 11.0. The predicted molar refractivity (Wildman–Crippen MR) is 42.5 cm³/mol. The minimum atomic E-state index is -0.641. The lowest BCUT2D eigenvalue weighted by Crippen LogP contribution is -2.22. The van der Waals surface area contributed by atoms with E-state index >= 15 is 0 Å². The summed E-state index contributed by atoms with van der Waals surface area (Å²) in [5.74, 6) is -1.16.